The molecule has 0 unspecified atom stereocenters. The van der Waals surface area contributed by atoms with Crippen molar-refractivity contribution in [3.63, 3.8) is 0 Å². The van der Waals surface area contributed by atoms with Crippen LogP contribution in [0.3, 0.4) is 0 Å². The van der Waals surface area contributed by atoms with Crippen molar-refractivity contribution < 1.29 is 17.9 Å². The highest BCUT2D eigenvalue weighted by molar-refractivity contribution is 5.25. The minimum atomic E-state index is -4.37. The zero-order valence-corrected chi connectivity index (χ0v) is 14.8. The summed E-state index contributed by atoms with van der Waals surface area (Å²) in [5.41, 5.74) is 1.70. The SMILES string of the molecule is C=C\C=C/C(=C\C=C/C)NCc1ccc(OCC(F)(F)F)nc1.CC. The molecule has 3 nitrogen and oxygen atoms in total. The molecule has 1 heterocycles. The summed E-state index contributed by atoms with van der Waals surface area (Å²) in [5.74, 6) is -0.0534. The number of pyridine rings is 1. The summed E-state index contributed by atoms with van der Waals surface area (Å²) < 4.78 is 40.7. The number of nitrogens with one attached hydrogen (secondary N) is 1. The summed E-state index contributed by atoms with van der Waals surface area (Å²) in [5, 5.41) is 3.20. The minimum Gasteiger partial charge on any atom is -0.468 e. The van der Waals surface area contributed by atoms with E-state index in [4.69, 9.17) is 0 Å². The van der Waals surface area contributed by atoms with Gasteiger partial charge in [0.15, 0.2) is 6.61 Å². The van der Waals surface area contributed by atoms with Gasteiger partial charge in [0.05, 0.1) is 0 Å². The minimum absolute atomic E-state index is 0.0534. The van der Waals surface area contributed by atoms with Crippen molar-refractivity contribution in [3.05, 3.63) is 72.6 Å². The highest BCUT2D eigenvalue weighted by Crippen LogP contribution is 2.17. The van der Waals surface area contributed by atoms with Gasteiger partial charge in [0, 0.05) is 24.5 Å². The number of hydrogen-bond acceptors (Lipinski definition) is 3. The molecule has 0 bridgehead atoms. The molecule has 0 fully saturated rings. The summed E-state index contributed by atoms with van der Waals surface area (Å²) in [6, 6.07) is 3.08. The monoisotopic (exact) mass is 354 g/mol. The fourth-order valence-corrected chi connectivity index (χ4v) is 1.51. The number of nitrogens with zero attached hydrogens (tertiary/aromatic N) is 1. The third-order valence-electron chi connectivity index (χ3n) is 2.56. The molecule has 1 rings (SSSR count). The van der Waals surface area contributed by atoms with Gasteiger partial charge >= 0.3 is 6.18 Å². The van der Waals surface area contributed by atoms with Gasteiger partial charge in [-0.05, 0) is 24.6 Å². The molecule has 0 spiro atoms. The Morgan fingerprint density at radius 3 is 2.52 bits per heavy atom. The van der Waals surface area contributed by atoms with Crippen LogP contribution in [0.2, 0.25) is 0 Å². The van der Waals surface area contributed by atoms with E-state index in [1.54, 1.807) is 18.2 Å². The maximum absolute atomic E-state index is 12.0. The Kier molecular flexibility index (Phi) is 11.6. The molecule has 6 heteroatoms. The molecule has 0 radical (unpaired) electrons. The van der Waals surface area contributed by atoms with Crippen LogP contribution >= 0.6 is 0 Å². The van der Waals surface area contributed by atoms with Crippen molar-refractivity contribution in [2.45, 2.75) is 33.5 Å². The Balaban J connectivity index is 0.00000277. The number of hydrogen-bond donors (Lipinski definition) is 1. The van der Waals surface area contributed by atoms with E-state index >= 15 is 0 Å². The Morgan fingerprint density at radius 1 is 1.28 bits per heavy atom. The van der Waals surface area contributed by atoms with E-state index in [2.05, 4.69) is 21.6 Å². The van der Waals surface area contributed by atoms with Gasteiger partial charge in [-0.25, -0.2) is 4.98 Å². The quantitative estimate of drug-likeness (QED) is 0.640. The maximum Gasteiger partial charge on any atom is 0.422 e. The molecule has 0 aliphatic carbocycles. The average Bonchev–Trinajstić information content (AvgIpc) is 2.61. The first-order valence-electron chi connectivity index (χ1n) is 7.95. The molecule has 0 aliphatic heterocycles. The largest absolute Gasteiger partial charge is 0.468 e. The van der Waals surface area contributed by atoms with E-state index in [0.717, 1.165) is 11.3 Å². The van der Waals surface area contributed by atoms with Crippen LogP contribution in [0.4, 0.5) is 13.2 Å². The van der Waals surface area contributed by atoms with Gasteiger partial charge in [-0.15, -0.1) is 0 Å². The number of allylic oxidation sites excluding steroid dienone is 6. The van der Waals surface area contributed by atoms with Gasteiger partial charge in [0.25, 0.3) is 0 Å². The van der Waals surface area contributed by atoms with Crippen molar-refractivity contribution >= 4 is 0 Å². The number of halogens is 3. The van der Waals surface area contributed by atoms with E-state index in [0.29, 0.717) is 6.54 Å². The van der Waals surface area contributed by atoms with Crippen LogP contribution in [-0.4, -0.2) is 17.8 Å². The van der Waals surface area contributed by atoms with E-state index in [1.165, 1.54) is 12.3 Å². The third-order valence-corrected chi connectivity index (χ3v) is 2.56. The molecule has 0 saturated carbocycles. The average molecular weight is 354 g/mol. The fourth-order valence-electron chi connectivity index (χ4n) is 1.51. The van der Waals surface area contributed by atoms with E-state index in [-0.39, 0.29) is 5.88 Å². The molecule has 25 heavy (non-hydrogen) atoms. The highest BCUT2D eigenvalue weighted by atomic mass is 19.4. The maximum atomic E-state index is 12.0. The smallest absolute Gasteiger partial charge is 0.422 e. The first kappa shape index (κ1) is 22.5. The Bertz CT molecular complexity index is 573. The van der Waals surface area contributed by atoms with Crippen molar-refractivity contribution in [3.8, 4) is 5.88 Å². The van der Waals surface area contributed by atoms with Gasteiger partial charge in [-0.3, -0.25) is 0 Å². The molecular weight excluding hydrogens is 329 g/mol. The first-order valence-corrected chi connectivity index (χ1v) is 7.95. The molecule has 0 aromatic carbocycles. The Hall–Kier alpha value is -2.50. The summed E-state index contributed by atoms with van der Waals surface area (Å²) >= 11 is 0. The normalized spacial score (nSPS) is 12.0. The number of ether oxygens (including phenoxy) is 1. The molecule has 1 aromatic heterocycles. The molecule has 0 amide bonds. The lowest BCUT2D eigenvalue weighted by molar-refractivity contribution is -0.154. The molecule has 0 aliphatic rings. The lowest BCUT2D eigenvalue weighted by Crippen LogP contribution is -2.19. The van der Waals surface area contributed by atoms with Gasteiger partial charge < -0.3 is 10.1 Å². The number of alkyl halides is 3. The molecule has 138 valence electrons. The topological polar surface area (TPSA) is 34.1 Å². The molecule has 1 aromatic rings. The second-order valence-corrected chi connectivity index (χ2v) is 4.50. The van der Waals surface area contributed by atoms with E-state index < -0.39 is 12.8 Å². The first-order chi connectivity index (χ1) is 11.9. The number of rotatable bonds is 8. The highest BCUT2D eigenvalue weighted by Gasteiger charge is 2.28. The van der Waals surface area contributed by atoms with Gasteiger partial charge in [0.2, 0.25) is 5.88 Å². The van der Waals surface area contributed by atoms with Crippen LogP contribution in [0.5, 0.6) is 5.88 Å². The lowest BCUT2D eigenvalue weighted by Gasteiger charge is -2.10. The fraction of sp³-hybridized carbons (Fsp3) is 0.316. The predicted octanol–water partition coefficient (Wildman–Crippen LogP) is 5.34. The van der Waals surface area contributed by atoms with Crippen LogP contribution in [0.1, 0.15) is 26.3 Å². The molecule has 0 saturated heterocycles. The summed E-state index contributed by atoms with van der Waals surface area (Å²) in [4.78, 5) is 3.85. The summed E-state index contributed by atoms with van der Waals surface area (Å²) in [6.07, 6.45) is 8.12. The second-order valence-electron chi connectivity index (χ2n) is 4.50. The van der Waals surface area contributed by atoms with Crippen molar-refractivity contribution in [2.24, 2.45) is 0 Å². The second kappa shape index (κ2) is 12.9. The van der Waals surface area contributed by atoms with Gasteiger partial charge in [-0.2, -0.15) is 13.2 Å². The third kappa shape index (κ3) is 11.6. The van der Waals surface area contributed by atoms with E-state index in [1.807, 2.05) is 45.1 Å². The van der Waals surface area contributed by atoms with E-state index in [9.17, 15) is 13.2 Å². The van der Waals surface area contributed by atoms with Crippen LogP contribution in [0, 0.1) is 0 Å². The molecule has 0 atom stereocenters. The lowest BCUT2D eigenvalue weighted by atomic mass is 10.2. The van der Waals surface area contributed by atoms with Crippen LogP contribution in [0.15, 0.2) is 67.1 Å². The molecule has 1 N–H and O–H groups in total. The zero-order valence-electron chi connectivity index (χ0n) is 14.8. The zero-order chi connectivity index (χ0) is 19.1. The van der Waals surface area contributed by atoms with Gasteiger partial charge in [-0.1, -0.05) is 50.8 Å². The summed E-state index contributed by atoms with van der Waals surface area (Å²) in [6.45, 7) is 8.66. The Morgan fingerprint density at radius 2 is 2.00 bits per heavy atom. The standard InChI is InChI=1S/C17H19F3N2O.C2H6/c1-3-5-7-15(8-6-4-2)21-11-14-9-10-16(22-12-14)23-13-17(18,19)20;1-2/h3-10,12,21H,1,11,13H2,2H3;1-2H3/b6-4-,7-5-,15-8+;. The molecular formula is C19H25F3N2O. The van der Waals surface area contributed by atoms with Crippen molar-refractivity contribution in [2.75, 3.05) is 6.61 Å². The Labute approximate surface area is 147 Å². The van der Waals surface area contributed by atoms with Gasteiger partial charge in [0.1, 0.15) is 0 Å². The van der Waals surface area contributed by atoms with Crippen LogP contribution < -0.4 is 10.1 Å². The van der Waals surface area contributed by atoms with Crippen molar-refractivity contribution in [1.82, 2.24) is 10.3 Å². The van der Waals surface area contributed by atoms with Crippen LogP contribution in [-0.2, 0) is 6.54 Å². The van der Waals surface area contributed by atoms with Crippen LogP contribution in [0.25, 0.3) is 0 Å². The number of aromatic nitrogens is 1. The summed E-state index contributed by atoms with van der Waals surface area (Å²) in [7, 11) is 0. The van der Waals surface area contributed by atoms with Crippen molar-refractivity contribution in [1.29, 1.82) is 0 Å². The predicted molar refractivity (Wildman–Crippen MR) is 96.2 cm³/mol.